The Balaban J connectivity index is 2.44. The lowest BCUT2D eigenvalue weighted by atomic mass is 10.1. The van der Waals surface area contributed by atoms with E-state index in [-0.39, 0.29) is 29.3 Å². The summed E-state index contributed by atoms with van der Waals surface area (Å²) in [7, 11) is 2.33. The first-order valence-electron chi connectivity index (χ1n) is 9.25. The van der Waals surface area contributed by atoms with Crippen molar-refractivity contribution in [2.45, 2.75) is 26.6 Å². The predicted molar refractivity (Wildman–Crippen MR) is 111 cm³/mol. The number of hydrogen-bond donors (Lipinski definition) is 1. The molecule has 1 unspecified atom stereocenters. The molecule has 0 bridgehead atoms. The van der Waals surface area contributed by atoms with E-state index in [1.165, 1.54) is 30.0 Å². The minimum Gasteiger partial charge on any atom is -0.478 e. The number of ketones is 1. The fraction of sp³-hybridized carbons (Fsp3) is 0.333. The normalized spacial score (nSPS) is 12.5. The number of carbonyl (C=O) groups is 3. The summed E-state index contributed by atoms with van der Waals surface area (Å²) in [6.07, 6.45) is 1.37. The SMILES string of the molecule is C=C(N=C(OC)C(=O)c1cn(COC(=O)C(N)C(C)C)c2ccc(F)cc12)C(=O)OC. The molecule has 9 nitrogen and oxygen atoms in total. The lowest BCUT2D eigenvalue weighted by Gasteiger charge is -2.15. The number of fused-ring (bicyclic) bond motifs is 1. The van der Waals surface area contributed by atoms with Gasteiger partial charge in [-0.1, -0.05) is 20.4 Å². The number of ether oxygens (including phenoxy) is 3. The molecule has 0 saturated carbocycles. The Morgan fingerprint density at radius 1 is 1.23 bits per heavy atom. The molecule has 0 aliphatic carbocycles. The third kappa shape index (κ3) is 5.34. The van der Waals surface area contributed by atoms with Crippen molar-refractivity contribution in [3.05, 3.63) is 48.1 Å². The van der Waals surface area contributed by atoms with Gasteiger partial charge < -0.3 is 24.5 Å². The van der Waals surface area contributed by atoms with Crippen LogP contribution in [0.4, 0.5) is 4.39 Å². The zero-order valence-electron chi connectivity index (χ0n) is 17.7. The summed E-state index contributed by atoms with van der Waals surface area (Å²) in [4.78, 5) is 40.4. The average Bonchev–Trinajstić information content (AvgIpc) is 3.11. The van der Waals surface area contributed by atoms with Crippen molar-refractivity contribution in [3.63, 3.8) is 0 Å². The summed E-state index contributed by atoms with van der Waals surface area (Å²) >= 11 is 0. The first kappa shape index (κ1) is 23.7. The van der Waals surface area contributed by atoms with Gasteiger partial charge >= 0.3 is 11.9 Å². The van der Waals surface area contributed by atoms with Crippen LogP contribution in [0.2, 0.25) is 0 Å². The van der Waals surface area contributed by atoms with Gasteiger partial charge in [0.25, 0.3) is 5.90 Å². The predicted octanol–water partition coefficient (Wildman–Crippen LogP) is 2.18. The van der Waals surface area contributed by atoms with E-state index in [1.54, 1.807) is 13.8 Å². The number of aromatic nitrogens is 1. The van der Waals surface area contributed by atoms with E-state index in [2.05, 4.69) is 16.3 Å². The van der Waals surface area contributed by atoms with E-state index in [0.717, 1.165) is 13.2 Å². The number of halogens is 1. The molecule has 1 aromatic carbocycles. The highest BCUT2D eigenvalue weighted by molar-refractivity contribution is 6.45. The van der Waals surface area contributed by atoms with Crippen LogP contribution >= 0.6 is 0 Å². The van der Waals surface area contributed by atoms with Crippen LogP contribution in [0.25, 0.3) is 10.9 Å². The highest BCUT2D eigenvalue weighted by Crippen LogP contribution is 2.24. The smallest absolute Gasteiger partial charge is 0.356 e. The van der Waals surface area contributed by atoms with Crippen LogP contribution in [0.5, 0.6) is 0 Å². The van der Waals surface area contributed by atoms with Gasteiger partial charge in [-0.05, 0) is 24.1 Å². The first-order chi connectivity index (χ1) is 14.6. The number of nitrogens with two attached hydrogens (primary N) is 1. The number of aliphatic imine (C=N–C) groups is 1. The topological polar surface area (TPSA) is 122 Å². The van der Waals surface area contributed by atoms with Crippen LogP contribution in [0, 0.1) is 11.7 Å². The molecule has 1 heterocycles. The molecule has 31 heavy (non-hydrogen) atoms. The second kappa shape index (κ2) is 9.98. The number of nitrogens with zero attached hydrogens (tertiary/aromatic N) is 2. The van der Waals surface area contributed by atoms with Gasteiger partial charge in [0, 0.05) is 11.6 Å². The van der Waals surface area contributed by atoms with Crippen molar-refractivity contribution >= 4 is 34.5 Å². The Kier molecular flexibility index (Phi) is 7.65. The van der Waals surface area contributed by atoms with Crippen LogP contribution < -0.4 is 5.73 Å². The molecule has 0 aliphatic heterocycles. The van der Waals surface area contributed by atoms with E-state index < -0.39 is 35.5 Å². The first-order valence-corrected chi connectivity index (χ1v) is 9.25. The molecule has 0 radical (unpaired) electrons. The molecular formula is C21H24FN3O6. The van der Waals surface area contributed by atoms with E-state index >= 15 is 0 Å². The third-order valence-electron chi connectivity index (χ3n) is 4.47. The summed E-state index contributed by atoms with van der Waals surface area (Å²) in [5, 5.41) is 0.239. The van der Waals surface area contributed by atoms with Gasteiger partial charge in [0.1, 0.15) is 17.6 Å². The van der Waals surface area contributed by atoms with Crippen molar-refractivity contribution in [1.82, 2.24) is 4.57 Å². The number of carbonyl (C=O) groups excluding carboxylic acids is 3. The lowest BCUT2D eigenvalue weighted by molar-refractivity contribution is -0.150. The molecule has 2 N–H and O–H groups in total. The quantitative estimate of drug-likeness (QED) is 0.223. The Morgan fingerprint density at radius 3 is 2.48 bits per heavy atom. The lowest BCUT2D eigenvalue weighted by Crippen LogP contribution is -2.37. The summed E-state index contributed by atoms with van der Waals surface area (Å²) in [5.74, 6) is -3.33. The van der Waals surface area contributed by atoms with Crippen LogP contribution in [0.1, 0.15) is 24.2 Å². The Bertz CT molecular complexity index is 1060. The molecule has 0 aliphatic rings. The van der Waals surface area contributed by atoms with Crippen LogP contribution in [-0.4, -0.2) is 48.4 Å². The second-order valence-electron chi connectivity index (χ2n) is 6.92. The Morgan fingerprint density at radius 2 is 1.90 bits per heavy atom. The average molecular weight is 433 g/mol. The van der Waals surface area contributed by atoms with Gasteiger partial charge in [-0.15, -0.1) is 0 Å². The molecule has 1 atom stereocenters. The molecule has 2 rings (SSSR count). The monoisotopic (exact) mass is 433 g/mol. The maximum absolute atomic E-state index is 13.9. The van der Waals surface area contributed by atoms with Crippen LogP contribution in [-0.2, 0) is 30.5 Å². The molecule has 10 heteroatoms. The zero-order chi connectivity index (χ0) is 23.3. The van der Waals surface area contributed by atoms with Gasteiger partial charge in [0.2, 0.25) is 5.78 Å². The standard InChI is InChI=1S/C21H24FN3O6/c1-11(2)17(23)21(28)31-10-25-9-15(14-8-13(22)6-7-16(14)25)18(26)19(29-4)24-12(3)20(27)30-5/h6-9,11,17H,3,10,23H2,1-2,4-5H3. The largest absolute Gasteiger partial charge is 0.478 e. The van der Waals surface area contributed by atoms with Gasteiger partial charge in [0.15, 0.2) is 6.73 Å². The fourth-order valence-electron chi connectivity index (χ4n) is 2.65. The molecule has 2 aromatic rings. The number of esters is 2. The number of rotatable bonds is 8. The van der Waals surface area contributed by atoms with Gasteiger partial charge in [0.05, 0.1) is 25.3 Å². The highest BCUT2D eigenvalue weighted by atomic mass is 19.1. The third-order valence-corrected chi connectivity index (χ3v) is 4.47. The molecule has 166 valence electrons. The summed E-state index contributed by atoms with van der Waals surface area (Å²) in [6.45, 7) is 6.74. The van der Waals surface area contributed by atoms with Crippen LogP contribution in [0.3, 0.4) is 0 Å². The minimum atomic E-state index is -0.843. The van der Waals surface area contributed by atoms with Gasteiger partial charge in [-0.3, -0.25) is 9.59 Å². The van der Waals surface area contributed by atoms with Crippen molar-refractivity contribution in [2.24, 2.45) is 16.6 Å². The summed E-state index contributed by atoms with van der Waals surface area (Å²) < 4.78 is 30.1. The molecule has 1 aromatic heterocycles. The molecule has 0 saturated heterocycles. The van der Waals surface area contributed by atoms with Crippen molar-refractivity contribution in [1.29, 1.82) is 0 Å². The maximum atomic E-state index is 13.9. The molecular weight excluding hydrogens is 409 g/mol. The molecule has 0 fully saturated rings. The van der Waals surface area contributed by atoms with Gasteiger partial charge in [-0.25, -0.2) is 14.2 Å². The van der Waals surface area contributed by atoms with E-state index in [4.69, 9.17) is 15.2 Å². The zero-order valence-corrected chi connectivity index (χ0v) is 17.7. The van der Waals surface area contributed by atoms with E-state index in [1.807, 2.05) is 0 Å². The van der Waals surface area contributed by atoms with Crippen molar-refractivity contribution in [2.75, 3.05) is 14.2 Å². The fourth-order valence-corrected chi connectivity index (χ4v) is 2.65. The molecule has 0 spiro atoms. The van der Waals surface area contributed by atoms with Gasteiger partial charge in [-0.2, -0.15) is 0 Å². The molecule has 0 amide bonds. The number of hydrogen-bond acceptors (Lipinski definition) is 8. The number of Topliss-reactive ketones (excluding diaryl/α,β-unsaturated/α-hetero) is 1. The minimum absolute atomic E-state index is 0.0250. The summed E-state index contributed by atoms with van der Waals surface area (Å²) in [6, 6.07) is 2.99. The summed E-state index contributed by atoms with van der Waals surface area (Å²) in [5.41, 5.74) is 5.89. The number of benzene rings is 1. The second-order valence-corrected chi connectivity index (χ2v) is 6.92. The Hall–Kier alpha value is -3.53. The number of methoxy groups -OCH3 is 2. The van der Waals surface area contributed by atoms with Crippen molar-refractivity contribution < 1.29 is 33.0 Å². The van der Waals surface area contributed by atoms with E-state index in [0.29, 0.717) is 5.52 Å². The Labute approximate surface area is 178 Å². The van der Waals surface area contributed by atoms with Crippen LogP contribution in [0.15, 0.2) is 41.7 Å². The highest BCUT2D eigenvalue weighted by Gasteiger charge is 2.24. The van der Waals surface area contributed by atoms with Crippen molar-refractivity contribution in [3.8, 4) is 0 Å². The van der Waals surface area contributed by atoms with E-state index in [9.17, 15) is 18.8 Å². The maximum Gasteiger partial charge on any atom is 0.356 e.